The summed E-state index contributed by atoms with van der Waals surface area (Å²) in [6, 6.07) is 5.05. The van der Waals surface area contributed by atoms with Gasteiger partial charge in [-0.2, -0.15) is 13.2 Å². The zero-order chi connectivity index (χ0) is 17.2. The van der Waals surface area contributed by atoms with E-state index in [9.17, 15) is 22.8 Å². The molecule has 1 aliphatic rings. The van der Waals surface area contributed by atoms with Gasteiger partial charge in [0.1, 0.15) is 0 Å². The van der Waals surface area contributed by atoms with Gasteiger partial charge in [-0.25, -0.2) is 4.79 Å². The molecular weight excluding hydrogens is 311 g/mol. The fourth-order valence-corrected chi connectivity index (χ4v) is 2.60. The molecule has 0 aliphatic carbocycles. The molecule has 1 heterocycles. The molecule has 0 saturated carbocycles. The summed E-state index contributed by atoms with van der Waals surface area (Å²) in [6.45, 7) is 1.35. The van der Waals surface area contributed by atoms with Crippen LogP contribution in [-0.2, 0) is 0 Å². The number of alkyl halides is 3. The Morgan fingerprint density at radius 2 is 2.00 bits per heavy atom. The topological polar surface area (TPSA) is 75.4 Å². The molecule has 126 valence electrons. The molecule has 1 fully saturated rings. The standard InChI is InChI=1S/C15H18F3N3O2/c1-9-5-6-11(15(16,17)18)8-21(9)14(23)20-12-4-2-3-10(7-12)13(19)22/h2-4,7,9,11H,5-6,8H2,1H3,(H2,19,22)(H,20,23). The molecule has 0 aromatic heterocycles. The van der Waals surface area contributed by atoms with Crippen LogP contribution in [0.15, 0.2) is 24.3 Å². The average Bonchev–Trinajstić information content (AvgIpc) is 2.46. The number of anilines is 1. The van der Waals surface area contributed by atoms with Gasteiger partial charge in [-0.1, -0.05) is 6.07 Å². The number of carbonyl (C=O) groups is 2. The monoisotopic (exact) mass is 329 g/mol. The van der Waals surface area contributed by atoms with E-state index in [-0.39, 0.29) is 24.6 Å². The Hall–Kier alpha value is -2.25. The van der Waals surface area contributed by atoms with E-state index in [4.69, 9.17) is 5.73 Å². The van der Waals surface area contributed by atoms with Crippen molar-refractivity contribution in [3.63, 3.8) is 0 Å². The van der Waals surface area contributed by atoms with Crippen LogP contribution in [0, 0.1) is 5.92 Å². The summed E-state index contributed by atoms with van der Waals surface area (Å²) in [6.07, 6.45) is -4.00. The van der Waals surface area contributed by atoms with Gasteiger partial charge in [0.05, 0.1) is 5.92 Å². The Morgan fingerprint density at radius 3 is 2.61 bits per heavy atom. The van der Waals surface area contributed by atoms with Crippen molar-refractivity contribution in [3.05, 3.63) is 29.8 Å². The fraction of sp³-hybridized carbons (Fsp3) is 0.467. The van der Waals surface area contributed by atoms with Crippen molar-refractivity contribution in [3.8, 4) is 0 Å². The third-order valence-electron chi connectivity index (χ3n) is 4.00. The Balaban J connectivity index is 2.09. The van der Waals surface area contributed by atoms with E-state index in [0.29, 0.717) is 12.1 Å². The van der Waals surface area contributed by atoms with Crippen LogP contribution in [0.25, 0.3) is 0 Å². The highest BCUT2D eigenvalue weighted by atomic mass is 19.4. The summed E-state index contributed by atoms with van der Waals surface area (Å²) in [5, 5.41) is 2.52. The van der Waals surface area contributed by atoms with Gasteiger partial charge in [-0.15, -0.1) is 0 Å². The van der Waals surface area contributed by atoms with Crippen LogP contribution in [0.1, 0.15) is 30.1 Å². The molecule has 2 rings (SSSR count). The number of amides is 3. The van der Waals surface area contributed by atoms with Crippen molar-refractivity contribution in [1.82, 2.24) is 4.90 Å². The maximum atomic E-state index is 12.9. The number of carbonyl (C=O) groups excluding carboxylic acids is 2. The van der Waals surface area contributed by atoms with Gasteiger partial charge in [0.2, 0.25) is 5.91 Å². The number of nitrogens with two attached hydrogens (primary N) is 1. The molecule has 2 atom stereocenters. The molecule has 8 heteroatoms. The van der Waals surface area contributed by atoms with Crippen molar-refractivity contribution in [2.24, 2.45) is 11.7 Å². The molecule has 23 heavy (non-hydrogen) atoms. The minimum atomic E-state index is -4.31. The van der Waals surface area contributed by atoms with E-state index in [1.54, 1.807) is 13.0 Å². The van der Waals surface area contributed by atoms with Crippen LogP contribution < -0.4 is 11.1 Å². The van der Waals surface area contributed by atoms with Crippen LogP contribution in [0.2, 0.25) is 0 Å². The number of primary amides is 1. The lowest BCUT2D eigenvalue weighted by Crippen LogP contribution is -2.50. The summed E-state index contributed by atoms with van der Waals surface area (Å²) in [7, 11) is 0. The quantitative estimate of drug-likeness (QED) is 0.875. The average molecular weight is 329 g/mol. The van der Waals surface area contributed by atoms with E-state index in [2.05, 4.69) is 5.32 Å². The van der Waals surface area contributed by atoms with Gasteiger partial charge < -0.3 is 16.0 Å². The molecule has 1 aliphatic heterocycles. The zero-order valence-electron chi connectivity index (χ0n) is 12.6. The highest BCUT2D eigenvalue weighted by Gasteiger charge is 2.44. The number of hydrogen-bond donors (Lipinski definition) is 2. The second-order valence-corrected chi connectivity index (χ2v) is 5.69. The number of nitrogens with zero attached hydrogens (tertiary/aromatic N) is 1. The second kappa shape index (κ2) is 6.47. The Morgan fingerprint density at radius 1 is 1.30 bits per heavy atom. The Labute approximate surface area is 131 Å². The molecule has 0 radical (unpaired) electrons. The predicted octanol–water partition coefficient (Wildman–Crippen LogP) is 2.98. The van der Waals surface area contributed by atoms with E-state index in [1.807, 2.05) is 0 Å². The van der Waals surface area contributed by atoms with Gasteiger partial charge in [-0.3, -0.25) is 4.79 Å². The number of benzene rings is 1. The van der Waals surface area contributed by atoms with E-state index < -0.39 is 24.0 Å². The summed E-state index contributed by atoms with van der Waals surface area (Å²) in [5.41, 5.74) is 5.68. The minimum Gasteiger partial charge on any atom is -0.366 e. The fourth-order valence-electron chi connectivity index (χ4n) is 2.60. The number of rotatable bonds is 2. The molecule has 1 aromatic rings. The first kappa shape index (κ1) is 17.1. The van der Waals surface area contributed by atoms with Gasteiger partial charge in [0.15, 0.2) is 0 Å². The highest BCUT2D eigenvalue weighted by Crippen LogP contribution is 2.35. The lowest BCUT2D eigenvalue weighted by Gasteiger charge is -2.38. The maximum Gasteiger partial charge on any atom is 0.393 e. The van der Waals surface area contributed by atoms with Gasteiger partial charge >= 0.3 is 12.2 Å². The molecular formula is C15H18F3N3O2. The number of piperidine rings is 1. The molecule has 3 N–H and O–H groups in total. The molecule has 2 unspecified atom stereocenters. The summed E-state index contributed by atoms with van der Waals surface area (Å²) in [4.78, 5) is 24.6. The van der Waals surface area contributed by atoms with Crippen molar-refractivity contribution in [1.29, 1.82) is 0 Å². The van der Waals surface area contributed by atoms with Crippen molar-refractivity contribution >= 4 is 17.6 Å². The summed E-state index contributed by atoms with van der Waals surface area (Å²) in [5.74, 6) is -2.16. The number of likely N-dealkylation sites (tertiary alicyclic amines) is 1. The first-order chi connectivity index (χ1) is 10.7. The minimum absolute atomic E-state index is 0.0195. The smallest absolute Gasteiger partial charge is 0.366 e. The first-order valence-corrected chi connectivity index (χ1v) is 7.22. The summed E-state index contributed by atoms with van der Waals surface area (Å²) < 4.78 is 38.6. The molecule has 5 nitrogen and oxygen atoms in total. The first-order valence-electron chi connectivity index (χ1n) is 7.22. The van der Waals surface area contributed by atoms with Gasteiger partial charge in [-0.05, 0) is 38.0 Å². The molecule has 0 bridgehead atoms. The van der Waals surface area contributed by atoms with Crippen LogP contribution in [-0.4, -0.2) is 35.6 Å². The summed E-state index contributed by atoms with van der Waals surface area (Å²) >= 11 is 0. The third-order valence-corrected chi connectivity index (χ3v) is 4.00. The highest BCUT2D eigenvalue weighted by molar-refractivity contribution is 5.95. The lowest BCUT2D eigenvalue weighted by atomic mass is 9.93. The molecule has 0 spiro atoms. The Bertz CT molecular complexity index is 604. The van der Waals surface area contributed by atoms with Crippen molar-refractivity contribution in [2.45, 2.75) is 32.0 Å². The van der Waals surface area contributed by atoms with Gasteiger partial charge in [0.25, 0.3) is 0 Å². The second-order valence-electron chi connectivity index (χ2n) is 5.69. The molecule has 1 saturated heterocycles. The van der Waals surface area contributed by atoms with Crippen molar-refractivity contribution < 1.29 is 22.8 Å². The number of nitrogens with one attached hydrogen (secondary N) is 1. The Kier molecular flexibility index (Phi) is 4.82. The lowest BCUT2D eigenvalue weighted by molar-refractivity contribution is -0.186. The SMILES string of the molecule is CC1CCC(C(F)(F)F)CN1C(=O)Nc1cccc(C(N)=O)c1. The molecule has 3 amide bonds. The van der Waals surface area contributed by atoms with Crippen LogP contribution >= 0.6 is 0 Å². The van der Waals surface area contributed by atoms with E-state index in [1.165, 1.54) is 23.1 Å². The van der Waals surface area contributed by atoms with Crippen molar-refractivity contribution in [2.75, 3.05) is 11.9 Å². The predicted molar refractivity (Wildman–Crippen MR) is 78.9 cm³/mol. The van der Waals surface area contributed by atoms with Crippen LogP contribution in [0.5, 0.6) is 0 Å². The van der Waals surface area contributed by atoms with Crippen LogP contribution in [0.3, 0.4) is 0 Å². The third kappa shape index (κ3) is 4.14. The number of hydrogen-bond acceptors (Lipinski definition) is 2. The van der Waals surface area contributed by atoms with E-state index in [0.717, 1.165) is 0 Å². The number of halogens is 3. The van der Waals surface area contributed by atoms with Crippen LogP contribution in [0.4, 0.5) is 23.7 Å². The number of urea groups is 1. The zero-order valence-corrected chi connectivity index (χ0v) is 12.6. The van der Waals surface area contributed by atoms with E-state index >= 15 is 0 Å². The van der Waals surface area contributed by atoms with Gasteiger partial charge in [0, 0.05) is 23.8 Å². The molecule has 1 aromatic carbocycles. The maximum absolute atomic E-state index is 12.9. The largest absolute Gasteiger partial charge is 0.393 e. The normalized spacial score (nSPS) is 21.8.